The van der Waals surface area contributed by atoms with E-state index in [1.54, 1.807) is 43.8 Å². The Kier molecular flexibility index (Phi) is 4.45. The van der Waals surface area contributed by atoms with E-state index in [0.29, 0.717) is 22.9 Å². The molecule has 1 aromatic carbocycles. The van der Waals surface area contributed by atoms with Crippen molar-refractivity contribution >= 4 is 22.5 Å². The van der Waals surface area contributed by atoms with Crippen LogP contribution in [0.25, 0.3) is 10.9 Å². The summed E-state index contributed by atoms with van der Waals surface area (Å²) in [5.41, 5.74) is 2.03. The Morgan fingerprint density at radius 2 is 1.85 bits per heavy atom. The van der Waals surface area contributed by atoms with Crippen molar-refractivity contribution in [2.75, 3.05) is 11.9 Å². The van der Waals surface area contributed by atoms with E-state index in [-0.39, 0.29) is 5.91 Å². The number of pyridine rings is 3. The Bertz CT molecular complexity index is 1080. The fourth-order valence-electron chi connectivity index (χ4n) is 2.66. The van der Waals surface area contributed by atoms with Gasteiger partial charge in [0.1, 0.15) is 5.75 Å². The van der Waals surface area contributed by atoms with Gasteiger partial charge in [0.2, 0.25) is 5.88 Å². The van der Waals surface area contributed by atoms with Crippen molar-refractivity contribution < 1.29 is 9.53 Å². The number of carbonyl (C=O) groups excluding carboxylic acids is 1. The zero-order chi connectivity index (χ0) is 18.6. The van der Waals surface area contributed by atoms with Gasteiger partial charge in [-0.05, 0) is 36.4 Å². The molecule has 3 aromatic heterocycles. The number of nitrogens with zero attached hydrogens (tertiary/aromatic N) is 4. The summed E-state index contributed by atoms with van der Waals surface area (Å²) >= 11 is 0. The van der Waals surface area contributed by atoms with E-state index in [1.807, 2.05) is 36.4 Å². The molecule has 0 fully saturated rings. The second-order valence-corrected chi connectivity index (χ2v) is 5.92. The molecule has 0 aliphatic rings. The summed E-state index contributed by atoms with van der Waals surface area (Å²) in [7, 11) is 1.70. The number of carbonyl (C=O) groups is 1. The number of hydrogen-bond donors (Lipinski definition) is 0. The molecule has 4 rings (SSSR count). The molecule has 0 bridgehead atoms. The van der Waals surface area contributed by atoms with Crippen molar-refractivity contribution in [1.82, 2.24) is 15.0 Å². The number of anilines is 1. The van der Waals surface area contributed by atoms with Crippen LogP contribution in [0.5, 0.6) is 11.6 Å². The van der Waals surface area contributed by atoms with E-state index < -0.39 is 0 Å². The molecule has 4 aromatic rings. The summed E-state index contributed by atoms with van der Waals surface area (Å²) in [5, 5.41) is 1.04. The molecule has 0 unspecified atom stereocenters. The fourth-order valence-corrected chi connectivity index (χ4v) is 2.66. The van der Waals surface area contributed by atoms with Gasteiger partial charge < -0.3 is 9.64 Å². The molecule has 0 aliphatic carbocycles. The molecule has 0 saturated heterocycles. The Hall–Kier alpha value is -3.80. The van der Waals surface area contributed by atoms with E-state index in [9.17, 15) is 4.79 Å². The highest BCUT2D eigenvalue weighted by atomic mass is 16.5. The molecular formula is C21H16N4O2. The van der Waals surface area contributed by atoms with Gasteiger partial charge in [0.15, 0.2) is 0 Å². The van der Waals surface area contributed by atoms with E-state index >= 15 is 0 Å². The standard InChI is InChI=1S/C21H16N4O2/c1-25(17-5-3-10-22-14-17)21(26)16-7-9-20(24-13-16)27-18-8-6-15-4-2-11-23-19(15)12-18/h2-14H,1H3. The molecule has 0 radical (unpaired) electrons. The second-order valence-electron chi connectivity index (χ2n) is 5.92. The topological polar surface area (TPSA) is 68.2 Å². The average Bonchev–Trinajstić information content (AvgIpc) is 2.74. The van der Waals surface area contributed by atoms with Crippen LogP contribution in [0.3, 0.4) is 0 Å². The number of fused-ring (bicyclic) bond motifs is 1. The lowest BCUT2D eigenvalue weighted by Crippen LogP contribution is -2.26. The summed E-state index contributed by atoms with van der Waals surface area (Å²) in [6.07, 6.45) is 6.54. The van der Waals surface area contributed by atoms with Crippen LogP contribution in [0, 0.1) is 0 Å². The minimum atomic E-state index is -0.169. The van der Waals surface area contributed by atoms with Crippen molar-refractivity contribution in [2.45, 2.75) is 0 Å². The first-order valence-corrected chi connectivity index (χ1v) is 8.37. The molecule has 1 amide bonds. The van der Waals surface area contributed by atoms with Gasteiger partial charge in [-0.3, -0.25) is 14.8 Å². The van der Waals surface area contributed by atoms with Crippen LogP contribution in [0.1, 0.15) is 10.4 Å². The Balaban J connectivity index is 1.50. The lowest BCUT2D eigenvalue weighted by atomic mass is 10.2. The monoisotopic (exact) mass is 356 g/mol. The van der Waals surface area contributed by atoms with Gasteiger partial charge in [-0.1, -0.05) is 6.07 Å². The zero-order valence-corrected chi connectivity index (χ0v) is 14.6. The lowest BCUT2D eigenvalue weighted by molar-refractivity contribution is 0.0992. The SMILES string of the molecule is CN(C(=O)c1ccc(Oc2ccc3cccnc3c2)nc1)c1cccnc1. The van der Waals surface area contributed by atoms with Crippen LogP contribution < -0.4 is 9.64 Å². The summed E-state index contributed by atoms with van der Waals surface area (Å²) in [5.74, 6) is 0.878. The first kappa shape index (κ1) is 16.7. The number of rotatable bonds is 4. The van der Waals surface area contributed by atoms with E-state index in [2.05, 4.69) is 15.0 Å². The van der Waals surface area contributed by atoms with Gasteiger partial charge in [0.05, 0.1) is 23.0 Å². The van der Waals surface area contributed by atoms with Gasteiger partial charge in [-0.25, -0.2) is 4.98 Å². The van der Waals surface area contributed by atoms with Gasteiger partial charge in [0.25, 0.3) is 5.91 Å². The van der Waals surface area contributed by atoms with Crippen LogP contribution in [0.2, 0.25) is 0 Å². The fraction of sp³-hybridized carbons (Fsp3) is 0.0476. The van der Waals surface area contributed by atoms with Crippen molar-refractivity contribution in [3.05, 3.63) is 84.9 Å². The maximum absolute atomic E-state index is 12.6. The molecule has 0 spiro atoms. The van der Waals surface area contributed by atoms with Crippen LogP contribution in [-0.2, 0) is 0 Å². The first-order chi connectivity index (χ1) is 13.2. The third kappa shape index (κ3) is 3.59. The molecule has 0 atom stereocenters. The molecule has 0 saturated carbocycles. The van der Waals surface area contributed by atoms with Crippen LogP contribution in [0.15, 0.2) is 79.4 Å². The van der Waals surface area contributed by atoms with Crippen LogP contribution in [0.4, 0.5) is 5.69 Å². The highest BCUT2D eigenvalue weighted by Crippen LogP contribution is 2.24. The summed E-state index contributed by atoms with van der Waals surface area (Å²) in [4.78, 5) is 26.7. The highest BCUT2D eigenvalue weighted by Gasteiger charge is 2.14. The first-order valence-electron chi connectivity index (χ1n) is 8.37. The molecular weight excluding hydrogens is 340 g/mol. The zero-order valence-electron chi connectivity index (χ0n) is 14.6. The Labute approximate surface area is 156 Å². The minimum Gasteiger partial charge on any atom is -0.439 e. The van der Waals surface area contributed by atoms with Crippen molar-refractivity contribution in [2.24, 2.45) is 0 Å². The normalized spacial score (nSPS) is 10.6. The molecule has 0 N–H and O–H groups in total. The van der Waals surface area contributed by atoms with Crippen LogP contribution >= 0.6 is 0 Å². The Morgan fingerprint density at radius 3 is 2.63 bits per heavy atom. The lowest BCUT2D eigenvalue weighted by Gasteiger charge is -2.16. The number of benzene rings is 1. The predicted molar refractivity (Wildman–Crippen MR) is 103 cm³/mol. The van der Waals surface area contributed by atoms with Crippen molar-refractivity contribution in [1.29, 1.82) is 0 Å². The van der Waals surface area contributed by atoms with Crippen LogP contribution in [-0.4, -0.2) is 27.9 Å². The maximum Gasteiger partial charge on any atom is 0.259 e. The van der Waals surface area contributed by atoms with Gasteiger partial charge in [-0.2, -0.15) is 0 Å². The third-order valence-electron chi connectivity index (χ3n) is 4.12. The van der Waals surface area contributed by atoms with Gasteiger partial charge in [-0.15, -0.1) is 0 Å². The second kappa shape index (κ2) is 7.21. The Morgan fingerprint density at radius 1 is 0.963 bits per heavy atom. The molecule has 0 aliphatic heterocycles. The number of ether oxygens (including phenoxy) is 1. The largest absolute Gasteiger partial charge is 0.439 e. The van der Waals surface area contributed by atoms with Crippen molar-refractivity contribution in [3.63, 3.8) is 0 Å². The average molecular weight is 356 g/mol. The molecule has 3 heterocycles. The summed E-state index contributed by atoms with van der Waals surface area (Å²) in [6.45, 7) is 0. The maximum atomic E-state index is 12.6. The molecule has 6 heteroatoms. The van der Waals surface area contributed by atoms with E-state index in [1.165, 1.54) is 11.1 Å². The number of amides is 1. The third-order valence-corrected chi connectivity index (χ3v) is 4.12. The predicted octanol–water partition coefficient (Wildman–Crippen LogP) is 4.09. The molecule has 27 heavy (non-hydrogen) atoms. The highest BCUT2D eigenvalue weighted by molar-refractivity contribution is 6.05. The van der Waals surface area contributed by atoms with E-state index in [4.69, 9.17) is 4.74 Å². The van der Waals surface area contributed by atoms with Gasteiger partial charge in [0, 0.05) is 43.2 Å². The number of aromatic nitrogens is 3. The summed E-state index contributed by atoms with van der Waals surface area (Å²) < 4.78 is 5.78. The molecule has 132 valence electrons. The smallest absolute Gasteiger partial charge is 0.259 e. The van der Waals surface area contributed by atoms with E-state index in [0.717, 1.165) is 10.9 Å². The summed E-state index contributed by atoms with van der Waals surface area (Å²) in [6, 6.07) is 16.5. The quantitative estimate of drug-likeness (QED) is 0.551. The minimum absolute atomic E-state index is 0.169. The number of hydrogen-bond acceptors (Lipinski definition) is 5. The molecule has 6 nitrogen and oxygen atoms in total. The van der Waals surface area contributed by atoms with Gasteiger partial charge >= 0.3 is 0 Å². The van der Waals surface area contributed by atoms with Crippen molar-refractivity contribution in [3.8, 4) is 11.6 Å².